The van der Waals surface area contributed by atoms with E-state index in [0.717, 1.165) is 11.4 Å². The van der Waals surface area contributed by atoms with Crippen LogP contribution in [0.25, 0.3) is 9.96 Å². The summed E-state index contributed by atoms with van der Waals surface area (Å²) < 4.78 is 0. The molecule has 0 atom stereocenters. The fraction of sp³-hybridized carbons (Fsp3) is 0.750. The Balaban J connectivity index is 3.48. The van der Waals surface area contributed by atoms with Crippen molar-refractivity contribution >= 4 is 27.8 Å². The molecule has 0 saturated carbocycles. The van der Waals surface area contributed by atoms with Gasteiger partial charge in [0.05, 0.1) is 0 Å². The molecule has 28 heavy (non-hydrogen) atoms. The second-order valence-corrected chi connectivity index (χ2v) is 21.3. The van der Waals surface area contributed by atoms with Crippen molar-refractivity contribution < 1.29 is 0 Å². The first-order chi connectivity index (χ1) is 12.8. The maximum atomic E-state index is 5.62. The standard InChI is InChI=1S/C24H46N2Si2/c1-17(2)27(18(3)4,19(5)6)25-23-15-13-14-16-24(23)26-28(20(7)8,21(9)10)22(11)12/h13-22H,1-12H3/q-2. The lowest BCUT2D eigenvalue weighted by molar-refractivity contribution is 0.827. The smallest absolute Gasteiger partial charge is 0.0286 e. The molecule has 0 N–H and O–H groups in total. The Morgan fingerprint density at radius 3 is 0.857 bits per heavy atom. The Kier molecular flexibility index (Phi) is 8.89. The molecule has 0 radical (unpaired) electrons. The number of rotatable bonds is 10. The number of hydrogen-bond donors (Lipinski definition) is 0. The molecule has 1 aromatic carbocycles. The topological polar surface area (TPSA) is 28.2 Å². The highest BCUT2D eigenvalue weighted by Gasteiger charge is 2.35. The van der Waals surface area contributed by atoms with E-state index in [4.69, 9.17) is 9.96 Å². The second-order valence-electron chi connectivity index (χ2n) is 10.4. The van der Waals surface area contributed by atoms with Gasteiger partial charge < -0.3 is 9.96 Å². The fourth-order valence-electron chi connectivity index (χ4n) is 5.85. The van der Waals surface area contributed by atoms with E-state index >= 15 is 0 Å². The first-order valence-electron chi connectivity index (χ1n) is 11.4. The molecule has 0 aliphatic rings. The van der Waals surface area contributed by atoms with Gasteiger partial charge in [-0.1, -0.05) is 141 Å². The van der Waals surface area contributed by atoms with E-state index in [2.05, 4.69) is 107 Å². The van der Waals surface area contributed by atoms with Crippen LogP contribution in [0.4, 0.5) is 11.4 Å². The quantitative estimate of drug-likeness (QED) is 0.338. The third-order valence-corrected chi connectivity index (χ3v) is 19.4. The summed E-state index contributed by atoms with van der Waals surface area (Å²) in [7, 11) is -3.75. The van der Waals surface area contributed by atoms with Crippen molar-refractivity contribution in [1.82, 2.24) is 0 Å². The molecule has 162 valence electrons. The highest BCUT2D eigenvalue weighted by molar-refractivity contribution is 6.90. The van der Waals surface area contributed by atoms with Crippen molar-refractivity contribution in [3.63, 3.8) is 0 Å². The second kappa shape index (κ2) is 9.84. The summed E-state index contributed by atoms with van der Waals surface area (Å²) in [5.41, 5.74) is 5.97. The van der Waals surface area contributed by atoms with Gasteiger partial charge in [0, 0.05) is 0 Å². The maximum absolute atomic E-state index is 5.62. The first kappa shape index (κ1) is 25.3. The predicted octanol–water partition coefficient (Wildman–Crippen LogP) is 10.0. The largest absolute Gasteiger partial charge is 0.687 e. The number of benzene rings is 1. The zero-order valence-electron chi connectivity index (χ0n) is 20.7. The highest BCUT2D eigenvalue weighted by atomic mass is 28.3. The molecule has 0 bridgehead atoms. The maximum Gasteiger partial charge on any atom is -0.0286 e. The molecule has 0 saturated heterocycles. The molecular formula is C24H46N2Si2-2. The summed E-state index contributed by atoms with van der Waals surface area (Å²) in [5.74, 6) is 0. The van der Waals surface area contributed by atoms with Gasteiger partial charge in [0.25, 0.3) is 0 Å². The van der Waals surface area contributed by atoms with E-state index < -0.39 is 16.5 Å². The Bertz CT molecular complexity index is 510. The average molecular weight is 419 g/mol. The van der Waals surface area contributed by atoms with Crippen LogP contribution in [0.2, 0.25) is 33.2 Å². The molecular weight excluding hydrogens is 372 g/mol. The summed E-state index contributed by atoms with van der Waals surface area (Å²) >= 11 is 0. The van der Waals surface area contributed by atoms with Crippen LogP contribution in [0.3, 0.4) is 0 Å². The SMILES string of the molecule is CC(C)[Si]([N-]c1ccccc1[N-][Si](C(C)C)(C(C)C)C(C)C)(C(C)C)C(C)C. The van der Waals surface area contributed by atoms with Crippen molar-refractivity contribution in [3.8, 4) is 0 Å². The minimum absolute atomic E-state index is 0.614. The van der Waals surface area contributed by atoms with Crippen LogP contribution in [0.1, 0.15) is 83.1 Å². The minimum atomic E-state index is -1.88. The molecule has 0 spiro atoms. The van der Waals surface area contributed by atoms with Gasteiger partial charge in [-0.15, -0.1) is 0 Å². The van der Waals surface area contributed by atoms with Gasteiger partial charge in [-0.3, -0.25) is 0 Å². The van der Waals surface area contributed by atoms with Crippen LogP contribution in [0.15, 0.2) is 24.3 Å². The number of hydrogen-bond acceptors (Lipinski definition) is 0. The summed E-state index contributed by atoms with van der Waals surface area (Å²) in [6, 6.07) is 8.71. The fourth-order valence-corrected chi connectivity index (χ4v) is 16.6. The highest BCUT2D eigenvalue weighted by Crippen LogP contribution is 2.55. The van der Waals surface area contributed by atoms with Gasteiger partial charge in [0.15, 0.2) is 0 Å². The summed E-state index contributed by atoms with van der Waals surface area (Å²) in [6.45, 7) is 28.6. The van der Waals surface area contributed by atoms with E-state index in [1.54, 1.807) is 0 Å². The normalized spacial score (nSPS) is 13.5. The van der Waals surface area contributed by atoms with Crippen molar-refractivity contribution in [1.29, 1.82) is 0 Å². The first-order valence-corrected chi connectivity index (χ1v) is 15.7. The Hall–Kier alpha value is -0.746. The zero-order valence-corrected chi connectivity index (χ0v) is 22.7. The molecule has 0 unspecified atom stereocenters. The van der Waals surface area contributed by atoms with E-state index in [1.165, 1.54) is 0 Å². The molecule has 1 aromatic rings. The average Bonchev–Trinajstić information content (AvgIpc) is 2.56. The molecule has 0 amide bonds. The molecule has 4 heteroatoms. The lowest BCUT2D eigenvalue weighted by atomic mass is 10.3. The van der Waals surface area contributed by atoms with Gasteiger partial charge in [-0.2, -0.15) is 11.4 Å². The molecule has 2 nitrogen and oxygen atoms in total. The van der Waals surface area contributed by atoms with E-state index in [0.29, 0.717) is 33.2 Å². The van der Waals surface area contributed by atoms with E-state index in [-0.39, 0.29) is 0 Å². The van der Waals surface area contributed by atoms with Crippen molar-refractivity contribution in [2.45, 2.75) is 116 Å². The van der Waals surface area contributed by atoms with Crippen LogP contribution in [0, 0.1) is 0 Å². The Labute approximate surface area is 178 Å². The van der Waals surface area contributed by atoms with Crippen molar-refractivity contribution in [3.05, 3.63) is 34.2 Å². The van der Waals surface area contributed by atoms with E-state index in [9.17, 15) is 0 Å². The monoisotopic (exact) mass is 418 g/mol. The zero-order chi connectivity index (χ0) is 21.9. The minimum Gasteiger partial charge on any atom is -0.687 e. The van der Waals surface area contributed by atoms with Crippen LogP contribution in [-0.4, -0.2) is 16.5 Å². The van der Waals surface area contributed by atoms with Crippen molar-refractivity contribution in [2.75, 3.05) is 0 Å². The molecule has 0 aliphatic heterocycles. The third kappa shape index (κ3) is 4.69. The van der Waals surface area contributed by atoms with Crippen LogP contribution in [0.5, 0.6) is 0 Å². The lowest BCUT2D eigenvalue weighted by Crippen LogP contribution is -2.44. The van der Waals surface area contributed by atoms with Gasteiger partial charge in [0.1, 0.15) is 0 Å². The third-order valence-electron chi connectivity index (χ3n) is 7.06. The molecule has 0 fully saturated rings. The van der Waals surface area contributed by atoms with Gasteiger partial charge >= 0.3 is 0 Å². The number of nitrogens with zero attached hydrogens (tertiary/aromatic N) is 2. The summed E-state index contributed by atoms with van der Waals surface area (Å²) in [6.07, 6.45) is 0. The van der Waals surface area contributed by atoms with Gasteiger partial charge in [-0.25, -0.2) is 0 Å². The van der Waals surface area contributed by atoms with E-state index in [1.807, 2.05) is 0 Å². The predicted molar refractivity (Wildman–Crippen MR) is 135 cm³/mol. The Morgan fingerprint density at radius 1 is 0.464 bits per heavy atom. The van der Waals surface area contributed by atoms with Crippen LogP contribution < -0.4 is 0 Å². The Morgan fingerprint density at radius 2 is 0.679 bits per heavy atom. The molecule has 0 heterocycles. The van der Waals surface area contributed by atoms with Gasteiger partial charge in [-0.05, 0) is 16.5 Å². The van der Waals surface area contributed by atoms with Crippen LogP contribution in [-0.2, 0) is 0 Å². The van der Waals surface area contributed by atoms with Crippen molar-refractivity contribution in [2.24, 2.45) is 0 Å². The lowest BCUT2D eigenvalue weighted by Gasteiger charge is -2.60. The summed E-state index contributed by atoms with van der Waals surface area (Å²) in [4.78, 5) is 11.2. The van der Waals surface area contributed by atoms with Crippen LogP contribution >= 0.6 is 0 Å². The molecule has 1 rings (SSSR count). The summed E-state index contributed by atoms with van der Waals surface area (Å²) in [5, 5.41) is 0. The van der Waals surface area contributed by atoms with Gasteiger partial charge in [0.2, 0.25) is 0 Å². The molecule has 0 aliphatic carbocycles. The molecule has 0 aromatic heterocycles.